The van der Waals surface area contributed by atoms with Gasteiger partial charge >= 0.3 is 0 Å². The molecule has 1 aromatic carbocycles. The summed E-state index contributed by atoms with van der Waals surface area (Å²) in [7, 11) is -1.58. The number of hydrogen-bond donors (Lipinski definition) is 0. The Balaban J connectivity index is 2.09. The first kappa shape index (κ1) is 19.2. The van der Waals surface area contributed by atoms with Crippen LogP contribution in [0.4, 0.5) is 5.69 Å². The van der Waals surface area contributed by atoms with Crippen molar-refractivity contribution in [2.75, 3.05) is 25.0 Å². The number of sulfone groups is 1. The van der Waals surface area contributed by atoms with Crippen LogP contribution in [-0.4, -0.2) is 55.8 Å². The molecule has 1 fully saturated rings. The van der Waals surface area contributed by atoms with E-state index in [1.165, 1.54) is 11.0 Å². The van der Waals surface area contributed by atoms with Crippen molar-refractivity contribution in [3.8, 4) is 0 Å². The topological polar surface area (TPSA) is 74.8 Å². The normalized spacial score (nSPS) is 17.6. The first-order valence-corrected chi connectivity index (χ1v) is 9.81. The van der Waals surface area contributed by atoms with Crippen LogP contribution in [0.25, 0.3) is 0 Å². The zero-order valence-electron chi connectivity index (χ0n) is 14.8. The molecule has 0 aliphatic carbocycles. The summed E-state index contributed by atoms with van der Waals surface area (Å²) < 4.78 is 24.5. The van der Waals surface area contributed by atoms with Crippen LogP contribution in [-0.2, 0) is 14.6 Å². The van der Waals surface area contributed by atoms with Crippen molar-refractivity contribution < 1.29 is 18.0 Å². The highest BCUT2D eigenvalue weighted by molar-refractivity contribution is 7.92. The molecule has 1 atom stereocenters. The molecule has 1 aliphatic rings. The van der Waals surface area contributed by atoms with Gasteiger partial charge in [-0.1, -0.05) is 6.58 Å². The second-order valence-electron chi connectivity index (χ2n) is 6.45. The Morgan fingerprint density at radius 3 is 2.40 bits per heavy atom. The standard InChI is InChI=1S/C18H24N2O4S/c1-5-17(21)19(4)15-8-6-14(7-9-15)18(22)20-11-10-16(12-20)25(23,24)13(2)3/h5-9,13,16H,1,10-12H2,2-4H3. The number of likely N-dealkylation sites (tertiary alicyclic amines) is 1. The van der Waals surface area contributed by atoms with Crippen molar-refractivity contribution in [2.45, 2.75) is 30.8 Å². The molecule has 1 saturated heterocycles. The van der Waals surface area contributed by atoms with Gasteiger partial charge in [0.1, 0.15) is 0 Å². The van der Waals surface area contributed by atoms with Gasteiger partial charge in [-0.2, -0.15) is 0 Å². The molecule has 1 heterocycles. The average Bonchev–Trinajstić information content (AvgIpc) is 3.10. The van der Waals surface area contributed by atoms with E-state index >= 15 is 0 Å². The Bertz CT molecular complexity index is 769. The first-order chi connectivity index (χ1) is 11.7. The Hall–Kier alpha value is -2.15. The summed E-state index contributed by atoms with van der Waals surface area (Å²) in [4.78, 5) is 27.2. The molecule has 2 amide bonds. The van der Waals surface area contributed by atoms with Gasteiger partial charge in [-0.3, -0.25) is 9.59 Å². The van der Waals surface area contributed by atoms with Crippen molar-refractivity contribution >= 4 is 27.3 Å². The fraction of sp³-hybridized carbons (Fsp3) is 0.444. The molecular formula is C18H24N2O4S. The van der Waals surface area contributed by atoms with Gasteiger partial charge < -0.3 is 9.80 Å². The number of anilines is 1. The molecule has 7 heteroatoms. The second-order valence-corrected chi connectivity index (χ2v) is 9.24. The first-order valence-electron chi connectivity index (χ1n) is 8.20. The van der Waals surface area contributed by atoms with Gasteiger partial charge in [0, 0.05) is 31.4 Å². The van der Waals surface area contributed by atoms with Gasteiger partial charge in [-0.05, 0) is 50.6 Å². The van der Waals surface area contributed by atoms with E-state index in [-0.39, 0.29) is 18.4 Å². The lowest BCUT2D eigenvalue weighted by atomic mass is 10.1. The minimum absolute atomic E-state index is 0.189. The van der Waals surface area contributed by atoms with Gasteiger partial charge in [0.2, 0.25) is 5.91 Å². The number of likely N-dealkylation sites (N-methyl/N-ethyl adjacent to an activating group) is 1. The minimum atomic E-state index is -3.20. The van der Waals surface area contributed by atoms with Gasteiger partial charge in [-0.15, -0.1) is 0 Å². The third-order valence-electron chi connectivity index (χ3n) is 4.56. The summed E-state index contributed by atoms with van der Waals surface area (Å²) in [5.41, 5.74) is 1.13. The van der Waals surface area contributed by atoms with Crippen molar-refractivity contribution in [3.05, 3.63) is 42.5 Å². The number of hydrogen-bond acceptors (Lipinski definition) is 4. The molecule has 1 aliphatic heterocycles. The average molecular weight is 364 g/mol. The van der Waals surface area contributed by atoms with E-state index in [0.29, 0.717) is 24.2 Å². The van der Waals surface area contributed by atoms with E-state index in [1.54, 1.807) is 50.1 Å². The lowest BCUT2D eigenvalue weighted by Gasteiger charge is -2.19. The van der Waals surface area contributed by atoms with Crippen molar-refractivity contribution in [2.24, 2.45) is 0 Å². The quantitative estimate of drug-likeness (QED) is 0.748. The molecule has 0 aromatic heterocycles. The molecule has 0 spiro atoms. The molecular weight excluding hydrogens is 340 g/mol. The van der Waals surface area contributed by atoms with Crippen LogP contribution >= 0.6 is 0 Å². The lowest BCUT2D eigenvalue weighted by molar-refractivity contribution is -0.113. The van der Waals surface area contributed by atoms with Gasteiger partial charge in [0.25, 0.3) is 5.91 Å². The molecule has 6 nitrogen and oxygen atoms in total. The van der Waals surface area contributed by atoms with E-state index in [1.807, 2.05) is 0 Å². The summed E-state index contributed by atoms with van der Waals surface area (Å²) in [5, 5.41) is -0.933. The number of carbonyl (C=O) groups excluding carboxylic acids is 2. The summed E-state index contributed by atoms with van der Waals surface area (Å²) in [6.45, 7) is 7.44. The molecule has 136 valence electrons. The highest BCUT2D eigenvalue weighted by Crippen LogP contribution is 2.23. The van der Waals surface area contributed by atoms with E-state index in [0.717, 1.165) is 0 Å². The van der Waals surface area contributed by atoms with Gasteiger partial charge in [0.15, 0.2) is 9.84 Å². The zero-order valence-corrected chi connectivity index (χ0v) is 15.6. The van der Waals surface area contributed by atoms with E-state index in [9.17, 15) is 18.0 Å². The number of nitrogens with zero attached hydrogens (tertiary/aromatic N) is 2. The predicted octanol–water partition coefficient (Wildman–Crippen LogP) is 1.87. The Kier molecular flexibility index (Phi) is 5.67. The molecule has 25 heavy (non-hydrogen) atoms. The van der Waals surface area contributed by atoms with Crippen LogP contribution in [0.1, 0.15) is 30.6 Å². The second kappa shape index (κ2) is 7.39. The minimum Gasteiger partial charge on any atom is -0.337 e. The molecule has 1 aromatic rings. The SMILES string of the molecule is C=CC(=O)N(C)c1ccc(C(=O)N2CCC(S(=O)(=O)C(C)C)C2)cc1. The maximum atomic E-state index is 12.6. The van der Waals surface area contributed by atoms with Crippen LogP contribution in [0.2, 0.25) is 0 Å². The van der Waals surface area contributed by atoms with Crippen molar-refractivity contribution in [1.82, 2.24) is 4.90 Å². The number of rotatable bonds is 5. The third kappa shape index (κ3) is 3.92. The summed E-state index contributed by atoms with van der Waals surface area (Å²) in [6, 6.07) is 6.67. The van der Waals surface area contributed by atoms with Crippen molar-refractivity contribution in [3.63, 3.8) is 0 Å². The maximum Gasteiger partial charge on any atom is 0.253 e. The fourth-order valence-electron chi connectivity index (χ4n) is 2.84. The molecule has 0 radical (unpaired) electrons. The van der Waals surface area contributed by atoms with Gasteiger partial charge in [-0.25, -0.2) is 8.42 Å². The summed E-state index contributed by atoms with van der Waals surface area (Å²) in [5.74, 6) is -0.425. The number of benzene rings is 1. The summed E-state index contributed by atoms with van der Waals surface area (Å²) >= 11 is 0. The van der Waals surface area contributed by atoms with Crippen molar-refractivity contribution in [1.29, 1.82) is 0 Å². The maximum absolute atomic E-state index is 12.6. The molecule has 0 N–H and O–H groups in total. The zero-order chi connectivity index (χ0) is 18.8. The van der Waals surface area contributed by atoms with Crippen LogP contribution < -0.4 is 4.90 Å². The van der Waals surface area contributed by atoms with Gasteiger partial charge in [0.05, 0.1) is 10.5 Å². The number of carbonyl (C=O) groups is 2. The third-order valence-corrected chi connectivity index (χ3v) is 7.19. The smallest absolute Gasteiger partial charge is 0.253 e. The Morgan fingerprint density at radius 2 is 1.88 bits per heavy atom. The van der Waals surface area contributed by atoms with Crippen LogP contribution in [0, 0.1) is 0 Å². The summed E-state index contributed by atoms with van der Waals surface area (Å²) in [6.07, 6.45) is 1.69. The molecule has 0 saturated carbocycles. The highest BCUT2D eigenvalue weighted by Gasteiger charge is 2.36. The number of amides is 2. The highest BCUT2D eigenvalue weighted by atomic mass is 32.2. The van der Waals surface area contributed by atoms with E-state index in [2.05, 4.69) is 6.58 Å². The Morgan fingerprint density at radius 1 is 1.28 bits per heavy atom. The largest absolute Gasteiger partial charge is 0.337 e. The molecule has 0 bridgehead atoms. The Labute approximate surface area is 149 Å². The fourth-order valence-corrected chi connectivity index (χ4v) is 4.43. The van der Waals surface area contributed by atoms with Crippen LogP contribution in [0.3, 0.4) is 0 Å². The van der Waals surface area contributed by atoms with E-state index in [4.69, 9.17) is 0 Å². The lowest BCUT2D eigenvalue weighted by Crippen LogP contribution is -2.34. The van der Waals surface area contributed by atoms with E-state index < -0.39 is 20.3 Å². The molecule has 1 unspecified atom stereocenters. The monoisotopic (exact) mass is 364 g/mol. The van der Waals surface area contributed by atoms with Crippen LogP contribution in [0.15, 0.2) is 36.9 Å². The van der Waals surface area contributed by atoms with Crippen LogP contribution in [0.5, 0.6) is 0 Å². The molecule has 2 rings (SSSR count). The predicted molar refractivity (Wildman–Crippen MR) is 98.4 cm³/mol.